The number of rotatable bonds is 4. The minimum absolute atomic E-state index is 0. The first-order valence-corrected chi connectivity index (χ1v) is 5.19. The maximum absolute atomic E-state index is 12.0. The molecule has 2 N–H and O–H groups in total. The van der Waals surface area contributed by atoms with E-state index in [1.807, 2.05) is 6.92 Å². The van der Waals surface area contributed by atoms with Gasteiger partial charge in [-0.05, 0) is 13.0 Å². The smallest absolute Gasteiger partial charge is 0.270 e. The molecule has 1 amide bonds. The normalized spacial score (nSPS) is 11.3. The molecule has 100 valence electrons. The number of nitro groups is 1. The van der Waals surface area contributed by atoms with Crippen molar-refractivity contribution >= 4 is 24.0 Å². The highest BCUT2D eigenvalue weighted by Crippen LogP contribution is 2.15. The molecular weight excluding hydrogens is 258 g/mol. The SMILES string of the molecule is CC(CN)N(C)C(=O)c1cccc([N+](=O)[O-])c1.Cl. The molecule has 0 spiro atoms. The number of carbonyl (C=O) groups excluding carboxylic acids is 1. The minimum atomic E-state index is -0.525. The Bertz CT molecular complexity index is 439. The number of hydrogen-bond donors (Lipinski definition) is 1. The van der Waals surface area contributed by atoms with E-state index in [2.05, 4.69) is 0 Å². The van der Waals surface area contributed by atoms with E-state index in [1.54, 1.807) is 13.1 Å². The number of carbonyl (C=O) groups is 1. The van der Waals surface area contributed by atoms with Gasteiger partial charge in [0.1, 0.15) is 0 Å². The van der Waals surface area contributed by atoms with Crippen LogP contribution in [-0.4, -0.2) is 35.4 Å². The summed E-state index contributed by atoms with van der Waals surface area (Å²) in [4.78, 5) is 23.5. The van der Waals surface area contributed by atoms with Gasteiger partial charge in [-0.1, -0.05) is 6.07 Å². The zero-order chi connectivity index (χ0) is 13.0. The van der Waals surface area contributed by atoms with Crippen LogP contribution in [0.4, 0.5) is 5.69 Å². The van der Waals surface area contributed by atoms with Crippen molar-refractivity contribution in [3.63, 3.8) is 0 Å². The molecule has 1 aromatic rings. The molecule has 1 unspecified atom stereocenters. The van der Waals surface area contributed by atoms with Gasteiger partial charge in [0.25, 0.3) is 11.6 Å². The lowest BCUT2D eigenvalue weighted by Crippen LogP contribution is -2.39. The summed E-state index contributed by atoms with van der Waals surface area (Å²) in [6.45, 7) is 2.16. The van der Waals surface area contributed by atoms with Crippen LogP contribution in [0, 0.1) is 10.1 Å². The molecular formula is C11H16ClN3O3. The first-order valence-electron chi connectivity index (χ1n) is 5.19. The summed E-state index contributed by atoms with van der Waals surface area (Å²) in [6.07, 6.45) is 0. The fraction of sp³-hybridized carbons (Fsp3) is 0.364. The van der Waals surface area contributed by atoms with Crippen LogP contribution in [0.15, 0.2) is 24.3 Å². The Morgan fingerprint density at radius 2 is 2.17 bits per heavy atom. The molecule has 6 nitrogen and oxygen atoms in total. The molecule has 0 aliphatic rings. The third-order valence-corrected chi connectivity index (χ3v) is 2.63. The van der Waals surface area contributed by atoms with Crippen LogP contribution in [-0.2, 0) is 0 Å². The van der Waals surface area contributed by atoms with Crippen LogP contribution >= 0.6 is 12.4 Å². The number of benzene rings is 1. The Kier molecular flexibility index (Phi) is 6.29. The highest BCUT2D eigenvalue weighted by Gasteiger charge is 2.18. The number of amides is 1. The lowest BCUT2D eigenvalue weighted by atomic mass is 10.1. The monoisotopic (exact) mass is 273 g/mol. The van der Waals surface area contributed by atoms with Crippen molar-refractivity contribution in [1.29, 1.82) is 0 Å². The van der Waals surface area contributed by atoms with Crippen LogP contribution in [0.5, 0.6) is 0 Å². The Balaban J connectivity index is 0.00000289. The van der Waals surface area contributed by atoms with Gasteiger partial charge in [0.2, 0.25) is 0 Å². The van der Waals surface area contributed by atoms with E-state index >= 15 is 0 Å². The van der Waals surface area contributed by atoms with Crippen molar-refractivity contribution in [1.82, 2.24) is 4.90 Å². The number of nitrogens with zero attached hydrogens (tertiary/aromatic N) is 2. The summed E-state index contributed by atoms with van der Waals surface area (Å²) in [6, 6.07) is 5.55. The largest absolute Gasteiger partial charge is 0.338 e. The summed E-state index contributed by atoms with van der Waals surface area (Å²) in [5.41, 5.74) is 5.67. The van der Waals surface area contributed by atoms with E-state index in [4.69, 9.17) is 5.73 Å². The maximum Gasteiger partial charge on any atom is 0.270 e. The molecule has 1 atom stereocenters. The maximum atomic E-state index is 12.0. The fourth-order valence-electron chi connectivity index (χ4n) is 1.31. The highest BCUT2D eigenvalue weighted by atomic mass is 35.5. The van der Waals surface area contributed by atoms with Crippen LogP contribution < -0.4 is 5.73 Å². The van der Waals surface area contributed by atoms with E-state index < -0.39 is 4.92 Å². The molecule has 0 aliphatic carbocycles. The topological polar surface area (TPSA) is 89.5 Å². The predicted octanol–water partition coefficient (Wildman–Crippen LogP) is 1.44. The predicted molar refractivity (Wildman–Crippen MR) is 71.0 cm³/mol. The summed E-state index contributed by atoms with van der Waals surface area (Å²) in [7, 11) is 1.62. The summed E-state index contributed by atoms with van der Waals surface area (Å²) < 4.78 is 0. The van der Waals surface area contributed by atoms with Crippen molar-refractivity contribution in [2.45, 2.75) is 13.0 Å². The summed E-state index contributed by atoms with van der Waals surface area (Å²) in [5.74, 6) is -0.272. The van der Waals surface area contributed by atoms with E-state index in [9.17, 15) is 14.9 Å². The van der Waals surface area contributed by atoms with Crippen LogP contribution in [0.1, 0.15) is 17.3 Å². The number of hydrogen-bond acceptors (Lipinski definition) is 4. The number of likely N-dealkylation sites (N-methyl/N-ethyl adjacent to an activating group) is 1. The van der Waals surface area contributed by atoms with Gasteiger partial charge in [0.15, 0.2) is 0 Å². The van der Waals surface area contributed by atoms with Gasteiger partial charge in [0.05, 0.1) is 4.92 Å². The average Bonchev–Trinajstić information content (AvgIpc) is 2.36. The van der Waals surface area contributed by atoms with E-state index in [0.29, 0.717) is 12.1 Å². The number of non-ortho nitro benzene ring substituents is 1. The van der Waals surface area contributed by atoms with E-state index in [1.165, 1.54) is 23.1 Å². The molecule has 0 bridgehead atoms. The molecule has 0 fully saturated rings. The standard InChI is InChI=1S/C11H15N3O3.ClH/c1-8(7-12)13(2)11(15)9-4-3-5-10(6-9)14(16)17;/h3-6,8H,7,12H2,1-2H3;1H. The quantitative estimate of drug-likeness (QED) is 0.664. The third kappa shape index (κ3) is 3.68. The van der Waals surface area contributed by atoms with Gasteiger partial charge in [-0.25, -0.2) is 0 Å². The van der Waals surface area contributed by atoms with E-state index in [-0.39, 0.29) is 30.0 Å². The molecule has 7 heteroatoms. The Morgan fingerprint density at radius 1 is 1.56 bits per heavy atom. The molecule has 1 aromatic carbocycles. The molecule has 0 heterocycles. The molecule has 0 aliphatic heterocycles. The van der Waals surface area contributed by atoms with Gasteiger partial charge in [-0.2, -0.15) is 0 Å². The Hall–Kier alpha value is -1.66. The second-order valence-corrected chi connectivity index (χ2v) is 3.81. The van der Waals surface area contributed by atoms with E-state index in [0.717, 1.165) is 0 Å². The van der Waals surface area contributed by atoms with Crippen molar-refractivity contribution in [2.75, 3.05) is 13.6 Å². The average molecular weight is 274 g/mol. The van der Waals surface area contributed by atoms with Crippen molar-refractivity contribution in [3.05, 3.63) is 39.9 Å². The first kappa shape index (κ1) is 16.3. The number of nitrogens with two attached hydrogens (primary N) is 1. The second kappa shape index (κ2) is 6.93. The van der Waals surface area contributed by atoms with Crippen molar-refractivity contribution < 1.29 is 9.72 Å². The molecule has 0 saturated carbocycles. The van der Waals surface area contributed by atoms with Crippen LogP contribution in [0.25, 0.3) is 0 Å². The zero-order valence-electron chi connectivity index (χ0n) is 10.2. The van der Waals surface area contributed by atoms with Gasteiger partial charge >= 0.3 is 0 Å². The van der Waals surface area contributed by atoms with Crippen molar-refractivity contribution in [2.24, 2.45) is 5.73 Å². The molecule has 0 aromatic heterocycles. The minimum Gasteiger partial charge on any atom is -0.338 e. The molecule has 1 rings (SSSR count). The van der Waals surface area contributed by atoms with Crippen LogP contribution in [0.2, 0.25) is 0 Å². The molecule has 0 saturated heterocycles. The fourth-order valence-corrected chi connectivity index (χ4v) is 1.31. The van der Waals surface area contributed by atoms with Crippen molar-refractivity contribution in [3.8, 4) is 0 Å². The van der Waals surface area contributed by atoms with Gasteiger partial charge < -0.3 is 10.6 Å². The lowest BCUT2D eigenvalue weighted by molar-refractivity contribution is -0.384. The lowest BCUT2D eigenvalue weighted by Gasteiger charge is -2.23. The van der Waals surface area contributed by atoms with Gasteiger partial charge in [0, 0.05) is 37.3 Å². The Labute approximate surface area is 111 Å². The Morgan fingerprint density at radius 3 is 2.67 bits per heavy atom. The summed E-state index contributed by atoms with van der Waals surface area (Å²) >= 11 is 0. The number of halogens is 1. The van der Waals surface area contributed by atoms with Gasteiger partial charge in [-0.15, -0.1) is 12.4 Å². The molecule has 0 radical (unpaired) electrons. The highest BCUT2D eigenvalue weighted by molar-refractivity contribution is 5.94. The summed E-state index contributed by atoms with van der Waals surface area (Å²) in [5, 5.41) is 10.6. The zero-order valence-corrected chi connectivity index (χ0v) is 11.0. The third-order valence-electron chi connectivity index (χ3n) is 2.63. The van der Waals surface area contributed by atoms with Crippen LogP contribution in [0.3, 0.4) is 0 Å². The van der Waals surface area contributed by atoms with Gasteiger partial charge in [-0.3, -0.25) is 14.9 Å². The molecule has 18 heavy (non-hydrogen) atoms. The first-order chi connectivity index (χ1) is 7.97. The second-order valence-electron chi connectivity index (χ2n) is 3.81. The number of nitro benzene ring substituents is 1.